The Balaban J connectivity index is 0.000000177. The second-order valence-corrected chi connectivity index (χ2v) is 4.24. The zero-order valence-corrected chi connectivity index (χ0v) is 12.5. The van der Waals surface area contributed by atoms with E-state index in [2.05, 4.69) is 29.5 Å². The van der Waals surface area contributed by atoms with Crippen molar-refractivity contribution < 1.29 is 0 Å². The van der Waals surface area contributed by atoms with Gasteiger partial charge in [0.05, 0.1) is 11.7 Å². The van der Waals surface area contributed by atoms with E-state index in [-0.39, 0.29) is 0 Å². The van der Waals surface area contributed by atoms with Crippen LogP contribution in [0.25, 0.3) is 10.9 Å². The van der Waals surface area contributed by atoms with Gasteiger partial charge >= 0.3 is 0 Å². The number of aromatic nitrogens is 2. The molecule has 0 amide bonds. The number of hydrogen-bond acceptors (Lipinski definition) is 2. The molecular weight excluding hydrogens is 252 g/mol. The summed E-state index contributed by atoms with van der Waals surface area (Å²) in [6, 6.07) is 11.8. The first-order valence-corrected chi connectivity index (χ1v) is 6.84. The number of benzene rings is 1. The van der Waals surface area contributed by atoms with Crippen LogP contribution in [0.1, 0.15) is 19.4 Å². The van der Waals surface area contributed by atoms with Gasteiger partial charge in [0.1, 0.15) is 0 Å². The Bertz CT molecular complexity index is 588. The number of rotatable bonds is 0. The van der Waals surface area contributed by atoms with Crippen molar-refractivity contribution in [3.8, 4) is 0 Å². The number of nitrogens with zero attached hydrogens (tertiary/aromatic N) is 1. The molecule has 100 valence electrons. The van der Waals surface area contributed by atoms with Crippen LogP contribution in [0.15, 0.2) is 59.9 Å². The van der Waals surface area contributed by atoms with Gasteiger partial charge in [-0.1, -0.05) is 32.0 Å². The molecule has 3 rings (SSSR count). The molecule has 3 aromatic rings. The quantitative estimate of drug-likeness (QED) is 0.561. The van der Waals surface area contributed by atoms with E-state index < -0.39 is 0 Å². The van der Waals surface area contributed by atoms with Crippen molar-refractivity contribution in [1.29, 1.82) is 0 Å². The van der Waals surface area contributed by atoms with Gasteiger partial charge in [-0.05, 0) is 30.7 Å². The lowest BCUT2D eigenvalue weighted by Gasteiger charge is -1.86. The Labute approximate surface area is 120 Å². The highest BCUT2D eigenvalue weighted by Crippen LogP contribution is 2.14. The second kappa shape index (κ2) is 8.38. The number of aryl methyl sites for hydroxylation is 1. The molecule has 0 aliphatic heterocycles. The number of aromatic amines is 1. The fraction of sp³-hybridized carbons (Fsp3) is 0.188. The summed E-state index contributed by atoms with van der Waals surface area (Å²) in [5, 5.41) is 1.26. The Morgan fingerprint density at radius 1 is 1.05 bits per heavy atom. The largest absolute Gasteiger partial charge is 0.360 e. The van der Waals surface area contributed by atoms with Gasteiger partial charge in [0.25, 0.3) is 0 Å². The topological polar surface area (TPSA) is 28.7 Å². The molecule has 0 atom stereocenters. The molecule has 0 fully saturated rings. The maximum atomic E-state index is 4.08. The van der Waals surface area contributed by atoms with Gasteiger partial charge in [-0.2, -0.15) is 0 Å². The molecule has 0 spiro atoms. The van der Waals surface area contributed by atoms with Gasteiger partial charge in [-0.25, -0.2) is 0 Å². The average molecular weight is 272 g/mol. The van der Waals surface area contributed by atoms with E-state index >= 15 is 0 Å². The Hall–Kier alpha value is -1.74. The van der Waals surface area contributed by atoms with Crippen molar-refractivity contribution in [3.05, 3.63) is 60.6 Å². The number of fused-ring (bicyclic) bond motifs is 1. The highest BCUT2D eigenvalue weighted by Gasteiger charge is 1.95. The summed E-state index contributed by atoms with van der Waals surface area (Å²) in [7, 11) is 0. The summed E-state index contributed by atoms with van der Waals surface area (Å²) in [6.45, 7) is 6.08. The first-order chi connectivity index (χ1) is 9.27. The van der Waals surface area contributed by atoms with Gasteiger partial charge in [0, 0.05) is 22.7 Å². The molecule has 0 saturated carbocycles. The van der Waals surface area contributed by atoms with Gasteiger partial charge in [-0.3, -0.25) is 4.98 Å². The van der Waals surface area contributed by atoms with Gasteiger partial charge < -0.3 is 4.98 Å². The molecular formula is C16H20N2S. The predicted molar refractivity (Wildman–Crippen MR) is 85.9 cm³/mol. The molecule has 2 nitrogen and oxygen atoms in total. The lowest BCUT2D eigenvalue weighted by atomic mass is 10.2. The van der Waals surface area contributed by atoms with Crippen molar-refractivity contribution in [2.45, 2.75) is 25.7 Å². The van der Waals surface area contributed by atoms with Crippen LogP contribution in [-0.4, -0.2) is 9.97 Å². The highest BCUT2D eigenvalue weighted by molar-refractivity contribution is 7.80. The van der Waals surface area contributed by atoms with Gasteiger partial charge in [0.15, 0.2) is 0 Å². The van der Waals surface area contributed by atoms with Crippen LogP contribution in [0, 0.1) is 6.92 Å². The van der Waals surface area contributed by atoms with Crippen LogP contribution in [0.2, 0.25) is 0 Å². The number of hydrogen-bond donors (Lipinski definition) is 2. The van der Waals surface area contributed by atoms with Crippen LogP contribution in [0.5, 0.6) is 0 Å². The maximum absolute atomic E-state index is 4.08. The maximum Gasteiger partial charge on any atom is 0.0643 e. The lowest BCUT2D eigenvalue weighted by molar-refractivity contribution is 1.34. The van der Waals surface area contributed by atoms with E-state index in [4.69, 9.17) is 0 Å². The van der Waals surface area contributed by atoms with Crippen molar-refractivity contribution in [1.82, 2.24) is 9.97 Å². The van der Waals surface area contributed by atoms with Crippen LogP contribution < -0.4 is 0 Å². The molecule has 3 heteroatoms. The van der Waals surface area contributed by atoms with Crippen molar-refractivity contribution in [2.24, 2.45) is 0 Å². The minimum atomic E-state index is 1.02. The summed E-state index contributed by atoms with van der Waals surface area (Å²) in [4.78, 5) is 8.14. The first-order valence-electron chi connectivity index (χ1n) is 6.39. The minimum absolute atomic E-state index is 1.02. The third-order valence-electron chi connectivity index (χ3n) is 2.45. The molecule has 0 radical (unpaired) electrons. The van der Waals surface area contributed by atoms with Crippen molar-refractivity contribution >= 4 is 23.5 Å². The Kier molecular flexibility index (Phi) is 6.75. The summed E-state index contributed by atoms with van der Waals surface area (Å²) < 4.78 is 0. The third kappa shape index (κ3) is 4.79. The highest BCUT2D eigenvalue weighted by atomic mass is 32.1. The second-order valence-electron chi connectivity index (χ2n) is 3.73. The molecule has 0 unspecified atom stereocenters. The molecule has 0 aliphatic rings. The van der Waals surface area contributed by atoms with E-state index in [9.17, 15) is 0 Å². The normalized spacial score (nSPS) is 9.05. The molecule has 1 aromatic carbocycles. The van der Waals surface area contributed by atoms with Crippen LogP contribution >= 0.6 is 12.6 Å². The molecule has 2 aromatic heterocycles. The van der Waals surface area contributed by atoms with Crippen LogP contribution in [0.3, 0.4) is 0 Å². The number of thiol groups is 1. The Morgan fingerprint density at radius 3 is 2.26 bits per heavy atom. The average Bonchev–Trinajstić information content (AvgIpc) is 2.85. The summed E-state index contributed by atoms with van der Waals surface area (Å²) in [5.41, 5.74) is 2.39. The molecule has 0 aliphatic carbocycles. The van der Waals surface area contributed by atoms with Crippen molar-refractivity contribution in [3.63, 3.8) is 0 Å². The van der Waals surface area contributed by atoms with E-state index in [0.29, 0.717) is 0 Å². The fourth-order valence-corrected chi connectivity index (χ4v) is 1.72. The SMILES string of the molecule is CC.Cc1c[nH]c2cnccc12.Sc1ccccc1. The number of H-pyrrole nitrogens is 1. The molecule has 1 N–H and O–H groups in total. The first kappa shape index (κ1) is 15.3. The van der Waals surface area contributed by atoms with Crippen LogP contribution in [-0.2, 0) is 0 Å². The van der Waals surface area contributed by atoms with E-state index in [1.807, 2.05) is 68.8 Å². The predicted octanol–water partition coefficient (Wildman–Crippen LogP) is 4.87. The van der Waals surface area contributed by atoms with E-state index in [1.165, 1.54) is 10.9 Å². The lowest BCUT2D eigenvalue weighted by Crippen LogP contribution is -1.70. The van der Waals surface area contributed by atoms with Gasteiger partial charge in [0.2, 0.25) is 0 Å². The standard InChI is InChI=1S/C8H8N2.C6H6S.C2H6/c1-6-4-10-8-5-9-3-2-7(6)8;7-6-4-2-1-3-5-6;1-2/h2-5,10H,1H3;1-5,7H;1-2H3. The zero-order chi connectivity index (χ0) is 14.1. The molecule has 19 heavy (non-hydrogen) atoms. The number of nitrogens with one attached hydrogen (secondary N) is 1. The molecule has 2 heterocycles. The fourth-order valence-electron chi connectivity index (χ4n) is 1.55. The zero-order valence-electron chi connectivity index (χ0n) is 11.6. The number of pyridine rings is 1. The molecule has 0 saturated heterocycles. The van der Waals surface area contributed by atoms with E-state index in [1.54, 1.807) is 0 Å². The summed E-state index contributed by atoms with van der Waals surface area (Å²) >= 11 is 4.08. The van der Waals surface area contributed by atoms with Crippen LogP contribution in [0.4, 0.5) is 0 Å². The van der Waals surface area contributed by atoms with Gasteiger partial charge in [-0.15, -0.1) is 12.6 Å². The molecule has 0 bridgehead atoms. The smallest absolute Gasteiger partial charge is 0.0643 e. The third-order valence-corrected chi connectivity index (χ3v) is 2.74. The summed E-state index contributed by atoms with van der Waals surface area (Å²) in [6.07, 6.45) is 5.64. The summed E-state index contributed by atoms with van der Waals surface area (Å²) in [5.74, 6) is 0. The Morgan fingerprint density at radius 2 is 1.74 bits per heavy atom. The monoisotopic (exact) mass is 272 g/mol. The minimum Gasteiger partial charge on any atom is -0.360 e. The van der Waals surface area contributed by atoms with Crippen molar-refractivity contribution in [2.75, 3.05) is 0 Å². The van der Waals surface area contributed by atoms with E-state index in [0.717, 1.165) is 10.4 Å².